The maximum absolute atomic E-state index is 12.0. The van der Waals surface area contributed by atoms with Gasteiger partial charge in [0.15, 0.2) is 0 Å². The average Bonchev–Trinajstić information content (AvgIpc) is 0.832. The summed E-state index contributed by atoms with van der Waals surface area (Å²) >= 11 is 0. The van der Waals surface area contributed by atoms with Gasteiger partial charge in [0.2, 0.25) is 11.8 Å². The standard InChI is InChI=1S/C18H38N2O2.C18H36N2O2.C17H35N3O2.C16H33NO3.C16H33NO2.C15H32N2O.C14H30N2O/c1-15-13-19(9-11-21-17(3,4)5)14-16(2)20(15)10-12-22-18(6,7)8;1-17(2,3)14-19-16(21)13-15-7-9-20(10-8-15)11-12-22-18(4,5)6;1-16(2,3)14-18-15(21)13-20-9-7-19(8-10-20)11-12-22-17(4,5)6;1-15(2,3)19-12-11-17-9-7-14(8-10-17)18-13-20-16(4,5)6;1-15(2,3)13-18-14-7-9-17(10-8-14)11-12-19-16(4,5)6;1-13-12-17(14(2,3)4)9-8-16(13)10-11-18-15(5,6)7;1-13(2,3)16-9-7-15(8-10-16)11-12-17-14(4,5)6/h15-16H,9-14H2,1-8H3;15H,7-14H2,1-6H3,(H,19,21);7-14H2,1-6H3,(H,18,21);14H,7-13H2,1-6H3;14H,7-13H2,1-6H3;13H,8-12H2,1-7H3;7-12H2,1-6H3. The Labute approximate surface area is 866 Å². The van der Waals surface area contributed by atoms with Gasteiger partial charge in [-0.15, -0.1) is 0 Å². The maximum Gasteiger partial charge on any atom is 0.234 e. The van der Waals surface area contributed by atoms with Gasteiger partial charge in [0.1, 0.15) is 6.79 Å². The third-order valence-corrected chi connectivity index (χ3v) is 24.9. The van der Waals surface area contributed by atoms with Gasteiger partial charge in [-0.3, -0.25) is 48.8 Å². The van der Waals surface area contributed by atoms with Crippen molar-refractivity contribution in [2.45, 2.75) is 448 Å². The van der Waals surface area contributed by atoms with E-state index in [0.717, 1.165) is 249 Å². The van der Waals surface area contributed by atoms with Gasteiger partial charge in [0.25, 0.3) is 0 Å². The minimum atomic E-state index is -0.120. The molecule has 0 aliphatic carbocycles. The molecule has 2 N–H and O–H groups in total. The lowest BCUT2D eigenvalue weighted by Crippen LogP contribution is -2.58. The molecule has 0 radical (unpaired) electrons. The van der Waals surface area contributed by atoms with E-state index >= 15 is 0 Å². The molecular formula is C114H237N13O13. The van der Waals surface area contributed by atoms with Gasteiger partial charge < -0.3 is 77.4 Å². The fourth-order valence-electron chi connectivity index (χ4n) is 16.7. The SMILES string of the molecule is CC(C)(C)CNC(=O)CC1CCN(CCOC(C)(C)C)CC1.CC(C)(C)CNC(=O)CN1CCN(CCOC(C)(C)C)CC1.CC(C)(C)COC1CCN(CCOC(C)(C)C)CC1.CC(C)(C)OCCN1CCC(OCOC(C)(C)C)CC1.CC(C)(C)OCCN1CCN(C(C)(C)C)CC1.CC1CN(C(C)(C)C)CCN1CCOC(C)(C)C.CC1CN(CCOC(C)(C)C)CC(C)N1CCOC(C)(C)C. The summed E-state index contributed by atoms with van der Waals surface area (Å²) in [6.45, 7) is 136. The first-order valence-corrected chi connectivity index (χ1v) is 55.3. The zero-order valence-corrected chi connectivity index (χ0v) is 101. The van der Waals surface area contributed by atoms with Crippen molar-refractivity contribution in [2.24, 2.45) is 22.2 Å². The predicted octanol–water partition coefficient (Wildman–Crippen LogP) is 18.9. The lowest BCUT2D eigenvalue weighted by molar-refractivity contribution is -0.151. The topological polar surface area (TPSA) is 195 Å². The molecule has 3 atom stereocenters. The van der Waals surface area contributed by atoms with E-state index in [-0.39, 0.29) is 78.5 Å². The Kier molecular flexibility index (Phi) is 62.2. The second kappa shape index (κ2) is 64.0. The first-order valence-electron chi connectivity index (χ1n) is 55.3. The molecule has 2 amide bonds. The van der Waals surface area contributed by atoms with Crippen molar-refractivity contribution in [3.05, 3.63) is 0 Å². The highest BCUT2D eigenvalue weighted by atomic mass is 16.7. The van der Waals surface area contributed by atoms with Crippen LogP contribution < -0.4 is 10.6 Å². The minimum Gasteiger partial charge on any atom is -0.378 e. The van der Waals surface area contributed by atoms with Crippen molar-refractivity contribution in [3.63, 3.8) is 0 Å². The number of piperidine rings is 3. The molecule has 0 aromatic heterocycles. The van der Waals surface area contributed by atoms with Crippen LogP contribution in [-0.4, -0.2) is 420 Å². The number of hydrogen-bond acceptors (Lipinski definition) is 24. The molecular weight excluding hydrogens is 1760 g/mol. The molecule has 26 heteroatoms. The first-order chi connectivity index (χ1) is 63.7. The van der Waals surface area contributed by atoms with Gasteiger partial charge in [-0.2, -0.15) is 0 Å². The normalized spacial score (nSPS) is 21.0. The first kappa shape index (κ1) is 136. The van der Waals surface area contributed by atoms with Crippen molar-refractivity contribution >= 4 is 11.8 Å². The number of amides is 2. The molecule has 7 rings (SSSR count). The van der Waals surface area contributed by atoms with Gasteiger partial charge >= 0.3 is 0 Å². The number of piperazine rings is 4. The summed E-state index contributed by atoms with van der Waals surface area (Å²) in [6, 6.07) is 1.77. The van der Waals surface area contributed by atoms with Crippen LogP contribution in [0, 0.1) is 22.2 Å². The molecule has 7 saturated heterocycles. The van der Waals surface area contributed by atoms with Crippen molar-refractivity contribution in [2.75, 3.05) is 263 Å². The number of carbonyl (C=O) groups excluding carboxylic acids is 2. The largest absolute Gasteiger partial charge is 0.378 e. The van der Waals surface area contributed by atoms with Crippen LogP contribution in [0.4, 0.5) is 0 Å². The van der Waals surface area contributed by atoms with E-state index in [9.17, 15) is 9.59 Å². The lowest BCUT2D eigenvalue weighted by Gasteiger charge is -2.46. The number of rotatable bonds is 35. The third kappa shape index (κ3) is 78.3. The molecule has 0 aromatic carbocycles. The van der Waals surface area contributed by atoms with Gasteiger partial charge in [-0.05, 0) is 323 Å². The van der Waals surface area contributed by atoms with Crippen LogP contribution in [0.5, 0.6) is 0 Å². The van der Waals surface area contributed by atoms with E-state index in [0.29, 0.717) is 67.1 Å². The number of nitrogens with zero attached hydrogens (tertiary/aromatic N) is 11. The summed E-state index contributed by atoms with van der Waals surface area (Å²) in [5, 5.41) is 6.08. The number of likely N-dealkylation sites (tertiary alicyclic amines) is 3. The Balaban J connectivity index is 0.000000818. The van der Waals surface area contributed by atoms with Gasteiger partial charge in [-0.25, -0.2) is 0 Å². The van der Waals surface area contributed by atoms with Crippen LogP contribution in [0.25, 0.3) is 0 Å². The molecule has 140 heavy (non-hydrogen) atoms. The maximum atomic E-state index is 12.0. The molecule has 0 saturated carbocycles. The van der Waals surface area contributed by atoms with Gasteiger partial charge in [0, 0.05) is 212 Å². The second-order valence-corrected chi connectivity index (χ2v) is 55.7. The van der Waals surface area contributed by atoms with E-state index in [4.69, 9.17) is 52.1 Å². The molecule has 0 spiro atoms. The number of hydrogen-bond donors (Lipinski definition) is 2. The molecule has 3 unspecified atom stereocenters. The highest BCUT2D eigenvalue weighted by Gasteiger charge is 2.35. The molecule has 836 valence electrons. The monoisotopic (exact) mass is 2000 g/mol. The van der Waals surface area contributed by atoms with Gasteiger partial charge in [-0.1, -0.05) is 62.3 Å². The molecule has 0 bridgehead atoms. The van der Waals surface area contributed by atoms with Crippen molar-refractivity contribution in [3.8, 4) is 0 Å². The second-order valence-electron chi connectivity index (χ2n) is 55.7. The van der Waals surface area contributed by atoms with Crippen molar-refractivity contribution in [1.29, 1.82) is 0 Å². The Hall–Kier alpha value is -1.94. The van der Waals surface area contributed by atoms with Crippen molar-refractivity contribution < 1.29 is 61.7 Å². The van der Waals surface area contributed by atoms with Crippen LogP contribution in [0.1, 0.15) is 357 Å². The van der Waals surface area contributed by atoms with Crippen LogP contribution in [-0.2, 0) is 61.7 Å². The summed E-state index contributed by atoms with van der Waals surface area (Å²) in [5.41, 5.74) is 0.786. The van der Waals surface area contributed by atoms with E-state index in [1.807, 2.05) is 20.8 Å². The minimum absolute atomic E-state index is 0.00671. The Morgan fingerprint density at radius 2 is 0.543 bits per heavy atom. The van der Waals surface area contributed by atoms with Crippen molar-refractivity contribution in [1.82, 2.24) is 64.5 Å². The van der Waals surface area contributed by atoms with Crippen LogP contribution >= 0.6 is 0 Å². The average molecular weight is 2000 g/mol. The fraction of sp³-hybridized carbons (Fsp3) is 0.982. The molecule has 7 heterocycles. The van der Waals surface area contributed by atoms with E-state index in [2.05, 4.69) is 355 Å². The van der Waals surface area contributed by atoms with Crippen LogP contribution in [0.3, 0.4) is 0 Å². The predicted molar refractivity (Wildman–Crippen MR) is 591 cm³/mol. The zero-order chi connectivity index (χ0) is 107. The van der Waals surface area contributed by atoms with E-state index in [1.54, 1.807) is 0 Å². The third-order valence-electron chi connectivity index (χ3n) is 24.9. The Morgan fingerprint density at radius 1 is 0.264 bits per heavy atom. The van der Waals surface area contributed by atoms with E-state index in [1.165, 1.54) is 39.3 Å². The molecule has 0 aromatic rings. The van der Waals surface area contributed by atoms with Gasteiger partial charge in [0.05, 0.1) is 129 Å². The number of nitrogens with one attached hydrogen (secondary N) is 2. The smallest absolute Gasteiger partial charge is 0.234 e. The summed E-state index contributed by atoms with van der Waals surface area (Å²) in [5.74, 6) is 0.892. The summed E-state index contributed by atoms with van der Waals surface area (Å²) in [6.07, 6.45) is 8.22. The Bertz CT molecular complexity index is 3010. The highest BCUT2D eigenvalue weighted by Crippen LogP contribution is 2.27. The molecule has 7 aliphatic heterocycles. The molecule has 7 aliphatic rings. The van der Waals surface area contributed by atoms with Crippen LogP contribution in [0.2, 0.25) is 0 Å². The number of carbonyl (C=O) groups is 2. The molecule has 7 fully saturated rings. The quantitative estimate of drug-likeness (QED) is 0.0568. The van der Waals surface area contributed by atoms with Crippen LogP contribution in [0.15, 0.2) is 0 Å². The zero-order valence-electron chi connectivity index (χ0n) is 101. The number of ether oxygens (including phenoxy) is 11. The highest BCUT2D eigenvalue weighted by molar-refractivity contribution is 5.78. The fourth-order valence-corrected chi connectivity index (χ4v) is 16.7. The summed E-state index contributed by atoms with van der Waals surface area (Å²) < 4.78 is 63.8. The Morgan fingerprint density at radius 3 is 0.857 bits per heavy atom. The molecule has 26 nitrogen and oxygen atoms in total. The lowest BCUT2D eigenvalue weighted by atomic mass is 9.92. The van der Waals surface area contributed by atoms with E-state index < -0.39 is 0 Å². The summed E-state index contributed by atoms with van der Waals surface area (Å²) in [4.78, 5) is 51.3. The summed E-state index contributed by atoms with van der Waals surface area (Å²) in [7, 11) is 0.